The number of benzene rings is 4. The maximum atomic E-state index is 12.6. The quantitative estimate of drug-likeness (QED) is 0.0802. The lowest BCUT2D eigenvalue weighted by atomic mass is 9.95. The number of esters is 2. The minimum atomic E-state index is -3.95. The number of hydrogen-bond donors (Lipinski definition) is 2. The summed E-state index contributed by atoms with van der Waals surface area (Å²) in [7, 11) is -2.45. The largest absolute Gasteiger partial charge is 0.504 e. The summed E-state index contributed by atoms with van der Waals surface area (Å²) < 4.78 is 92.4. The van der Waals surface area contributed by atoms with Gasteiger partial charge in [0.2, 0.25) is 11.5 Å². The molecule has 0 aliphatic carbocycles. The second kappa shape index (κ2) is 23.7. The molecule has 3 heterocycles. The highest BCUT2D eigenvalue weighted by Crippen LogP contribution is 2.46. The van der Waals surface area contributed by atoms with Crippen LogP contribution in [0.15, 0.2) is 82.6 Å². The summed E-state index contributed by atoms with van der Waals surface area (Å²) in [5, 5.41) is 20.7. The molecule has 2 fully saturated rings. The average Bonchev–Trinajstić information content (AvgIpc) is 3.51. The van der Waals surface area contributed by atoms with Gasteiger partial charge in [0.1, 0.15) is 11.1 Å². The van der Waals surface area contributed by atoms with Gasteiger partial charge in [-0.2, -0.15) is 63.9 Å². The predicted octanol–water partition coefficient (Wildman–Crippen LogP) is 7.41. The van der Waals surface area contributed by atoms with E-state index in [-0.39, 0.29) is 39.7 Å². The first kappa shape index (κ1) is 52.8. The number of phenolic OH excluding ortho intramolecular Hbond substituents is 2. The van der Waals surface area contributed by atoms with Gasteiger partial charge in [-0.05, 0) is 62.4 Å². The van der Waals surface area contributed by atoms with E-state index in [1.54, 1.807) is 67.0 Å². The summed E-state index contributed by atoms with van der Waals surface area (Å²) in [6, 6.07) is 18.8. The van der Waals surface area contributed by atoms with Crippen LogP contribution in [-0.4, -0.2) is 127 Å². The maximum Gasteiger partial charge on any atom is 0.341 e. The van der Waals surface area contributed by atoms with Crippen molar-refractivity contribution in [1.82, 2.24) is 0 Å². The number of aryl methyl sites for hydroxylation is 2. The Morgan fingerprint density at radius 3 is 1.47 bits per heavy atom. The van der Waals surface area contributed by atoms with Crippen molar-refractivity contribution < 1.29 is 73.4 Å². The molecule has 22 heteroatoms. The zero-order chi connectivity index (χ0) is 48.1. The minimum absolute atomic E-state index is 0.0367. The van der Waals surface area contributed by atoms with E-state index in [0.717, 1.165) is 32.8 Å². The van der Waals surface area contributed by atoms with Crippen LogP contribution >= 0.6 is 47.0 Å². The first-order valence-electron chi connectivity index (χ1n) is 19.9. The summed E-state index contributed by atoms with van der Waals surface area (Å²) in [4.78, 5) is 23.2. The SMILES string of the molecule is COC(=O)c1ccc(OC)c(O)c1O.COC(=O)c1ccc(OC)c2c1OCC1(CO2)CSCSC1.Cc1ccc(S(=O)(=O)OCC2(COS(=O)(=O)c3ccc(C)cc3)CSCSC2)cc1. The smallest absolute Gasteiger partial charge is 0.341 e. The minimum Gasteiger partial charge on any atom is -0.504 e. The van der Waals surface area contributed by atoms with Crippen LogP contribution in [0.2, 0.25) is 0 Å². The number of methoxy groups -OCH3 is 4. The van der Waals surface area contributed by atoms with Gasteiger partial charge in [0, 0.05) is 38.6 Å². The molecule has 0 saturated carbocycles. The molecule has 3 aliphatic rings. The predicted molar refractivity (Wildman–Crippen MR) is 256 cm³/mol. The van der Waals surface area contributed by atoms with E-state index in [2.05, 4.69) is 4.74 Å². The van der Waals surface area contributed by atoms with Crippen molar-refractivity contribution in [2.75, 3.05) is 88.0 Å². The van der Waals surface area contributed by atoms with Gasteiger partial charge in [-0.3, -0.25) is 8.37 Å². The third kappa shape index (κ3) is 13.5. The number of fused-ring (bicyclic) bond motifs is 1. The standard InChI is InChI=1S/C20H24O6S4.C15H18O5S2.C9H10O5/c1-16-3-7-18(8-4-16)29(21,22)25-11-20(13-27-15-28-14-20)12-26-30(23,24)19-9-5-17(2)6-10-19;1-17-11-4-3-10(14(16)18-2)12-13(11)20-6-15(5-19-12)7-21-9-22-8-15;1-13-6-4-3-5(9(12)14-2)7(10)8(6)11/h3-10H,11-15H2,1-2H3;3-4H,5-9H2,1-2H3;3-4,10-11H,1-2H3. The second-order valence-corrected chi connectivity index (χ2v) is 23.1. The van der Waals surface area contributed by atoms with Crippen LogP contribution in [0, 0.1) is 24.7 Å². The van der Waals surface area contributed by atoms with Gasteiger partial charge < -0.3 is 38.6 Å². The number of aromatic hydroxyl groups is 2. The van der Waals surface area contributed by atoms with E-state index in [0.29, 0.717) is 47.5 Å². The van der Waals surface area contributed by atoms with Crippen LogP contribution in [0.4, 0.5) is 0 Å². The molecule has 66 heavy (non-hydrogen) atoms. The Morgan fingerprint density at radius 2 is 1.00 bits per heavy atom. The number of carbonyl (C=O) groups excluding carboxylic acids is 2. The van der Waals surface area contributed by atoms with Crippen molar-refractivity contribution in [2.24, 2.45) is 10.8 Å². The Labute approximate surface area is 402 Å². The van der Waals surface area contributed by atoms with Gasteiger partial charge in [-0.15, -0.1) is 0 Å². The highest BCUT2D eigenvalue weighted by molar-refractivity contribution is 8.17. The molecule has 1 spiro atoms. The van der Waals surface area contributed by atoms with Crippen LogP contribution < -0.4 is 18.9 Å². The fourth-order valence-electron chi connectivity index (χ4n) is 6.31. The van der Waals surface area contributed by atoms with Gasteiger partial charge in [-0.1, -0.05) is 35.4 Å². The molecule has 0 aromatic heterocycles. The van der Waals surface area contributed by atoms with Crippen molar-refractivity contribution in [3.8, 4) is 34.5 Å². The molecule has 0 amide bonds. The summed E-state index contributed by atoms with van der Waals surface area (Å²) in [6.45, 7) is 4.53. The van der Waals surface area contributed by atoms with E-state index in [1.807, 2.05) is 37.4 Å². The van der Waals surface area contributed by atoms with Gasteiger partial charge in [0.15, 0.2) is 23.0 Å². The first-order valence-corrected chi connectivity index (χ1v) is 27.3. The van der Waals surface area contributed by atoms with E-state index in [9.17, 15) is 36.6 Å². The second-order valence-electron chi connectivity index (χ2n) is 15.2. The van der Waals surface area contributed by atoms with Gasteiger partial charge in [-0.25, -0.2) is 9.59 Å². The van der Waals surface area contributed by atoms with Gasteiger partial charge in [0.25, 0.3) is 20.2 Å². The average molecular weight is 1030 g/mol. The lowest BCUT2D eigenvalue weighted by molar-refractivity contribution is 0.0586. The zero-order valence-electron chi connectivity index (χ0n) is 37.1. The van der Waals surface area contributed by atoms with Gasteiger partial charge in [0.05, 0.1) is 70.1 Å². The van der Waals surface area contributed by atoms with Crippen molar-refractivity contribution in [2.45, 2.75) is 23.6 Å². The summed E-state index contributed by atoms with van der Waals surface area (Å²) in [5.74, 6) is 2.46. The van der Waals surface area contributed by atoms with E-state index >= 15 is 0 Å². The molecule has 0 atom stereocenters. The van der Waals surface area contributed by atoms with Crippen LogP contribution in [0.25, 0.3) is 0 Å². The number of thioether (sulfide) groups is 4. The van der Waals surface area contributed by atoms with Crippen molar-refractivity contribution in [3.63, 3.8) is 0 Å². The Morgan fingerprint density at radius 1 is 0.576 bits per heavy atom. The summed E-state index contributed by atoms with van der Waals surface area (Å²) in [5.41, 5.74) is 1.38. The number of carbonyl (C=O) groups is 2. The highest BCUT2D eigenvalue weighted by Gasteiger charge is 2.40. The monoisotopic (exact) mass is 1030 g/mol. The molecule has 4 aromatic carbocycles. The molecule has 7 rings (SSSR count). The zero-order valence-corrected chi connectivity index (χ0v) is 42.0. The van der Waals surface area contributed by atoms with Crippen LogP contribution in [0.3, 0.4) is 0 Å². The number of ether oxygens (including phenoxy) is 6. The fourth-order valence-corrected chi connectivity index (χ4v) is 13.7. The normalized spacial score (nSPS) is 16.2. The molecule has 4 aromatic rings. The van der Waals surface area contributed by atoms with E-state index in [4.69, 9.17) is 32.1 Å². The lowest BCUT2D eigenvalue weighted by Gasteiger charge is -2.35. The van der Waals surface area contributed by atoms with Crippen LogP contribution in [-0.2, 0) is 38.1 Å². The molecule has 0 bridgehead atoms. The third-order valence-electron chi connectivity index (χ3n) is 10.1. The molecular formula is C44H52O16S6. The third-order valence-corrected chi connectivity index (χ3v) is 18.6. The van der Waals surface area contributed by atoms with E-state index in [1.165, 1.54) is 57.7 Å². The molecule has 2 N–H and O–H groups in total. The molecule has 0 unspecified atom stereocenters. The molecule has 16 nitrogen and oxygen atoms in total. The van der Waals surface area contributed by atoms with Gasteiger partial charge >= 0.3 is 11.9 Å². The van der Waals surface area contributed by atoms with Crippen molar-refractivity contribution in [3.05, 3.63) is 95.1 Å². The molecule has 2 saturated heterocycles. The Balaban J connectivity index is 0.000000199. The van der Waals surface area contributed by atoms with Crippen LogP contribution in [0.1, 0.15) is 31.8 Å². The van der Waals surface area contributed by atoms with Crippen LogP contribution in [0.5, 0.6) is 34.5 Å². The number of phenols is 2. The summed E-state index contributed by atoms with van der Waals surface area (Å²) in [6.07, 6.45) is 0. The Bertz CT molecular complexity index is 2420. The molecule has 360 valence electrons. The first-order chi connectivity index (χ1) is 31.4. The number of hydrogen-bond acceptors (Lipinski definition) is 20. The Kier molecular flexibility index (Phi) is 19.0. The summed E-state index contributed by atoms with van der Waals surface area (Å²) >= 11 is 7.01. The fraction of sp³-hybridized carbons (Fsp3) is 0.409. The lowest BCUT2D eigenvalue weighted by Crippen LogP contribution is -2.41. The topological polar surface area (TPSA) is 217 Å². The van der Waals surface area contributed by atoms with Crippen molar-refractivity contribution >= 4 is 79.2 Å². The maximum absolute atomic E-state index is 12.6. The Hall–Kier alpha value is -4.16. The number of rotatable bonds is 12. The van der Waals surface area contributed by atoms with E-state index < -0.39 is 49.1 Å². The van der Waals surface area contributed by atoms with Crippen molar-refractivity contribution in [1.29, 1.82) is 0 Å². The molecule has 3 aliphatic heterocycles. The molecule has 0 radical (unpaired) electrons. The molecular weight excluding hydrogens is 977 g/mol. The highest BCUT2D eigenvalue weighted by atomic mass is 32.2.